The zero-order chi connectivity index (χ0) is 36.2. The van der Waals surface area contributed by atoms with Crippen LogP contribution in [0.1, 0.15) is 122 Å². The number of esters is 2. The van der Waals surface area contributed by atoms with Gasteiger partial charge in [-0.1, -0.05) is 76.0 Å². The molecular weight excluding hydrogens is 657 g/mol. The molecule has 266 valence electrons. The van der Waals surface area contributed by atoms with Gasteiger partial charge in [0.15, 0.2) is 11.6 Å². The molecule has 0 unspecified atom stereocenters. The van der Waals surface area contributed by atoms with Gasteiger partial charge in [-0.3, -0.25) is 19.2 Å². The smallest absolute Gasteiger partial charge is 0.664 e. The number of hydrogen-bond donors (Lipinski definition) is 0. The third kappa shape index (κ3) is 6.79. The standard InChI is InChI=1S/C40H48N4O6.Mg/c1-10-24-19(4)26-17-31-33(23(8)45)21(6)28(42-31)15-27-20(5)25(11-12-32(46)50-14-13-18(2)3)37(43-27)35-36(40(48)49-9)39(47)34-22(7)29(44-38(34)35)16-30(24)41-26;/h15-20,24-25,36H,10-14H2,1-9H3,(H2-2,41,42,43,44,45,47);/q-2;+2/p-2/b27-15-,30-16-;/t19-,20+,24-,25+,36-;/m1./s1. The fourth-order valence-electron chi connectivity index (χ4n) is 7.92. The molecule has 2 aromatic heterocycles. The van der Waals surface area contributed by atoms with E-state index >= 15 is 0 Å². The number of fused-ring (bicyclic) bond motifs is 7. The van der Waals surface area contributed by atoms with Crippen molar-refractivity contribution in [2.75, 3.05) is 13.7 Å². The molecule has 0 aromatic carbocycles. The second-order valence-electron chi connectivity index (χ2n) is 14.5. The van der Waals surface area contributed by atoms with Gasteiger partial charge in [0.25, 0.3) is 0 Å². The zero-order valence-corrected chi connectivity index (χ0v) is 32.6. The molecule has 0 saturated carbocycles. The van der Waals surface area contributed by atoms with Crippen molar-refractivity contribution in [2.24, 2.45) is 35.5 Å². The number of carbonyl (C=O) groups excluding carboxylic acids is 4. The third-order valence-electron chi connectivity index (χ3n) is 10.9. The normalized spacial score (nSPS) is 27.8. The number of ketones is 2. The first kappa shape index (κ1) is 38.4. The fourth-order valence-corrected chi connectivity index (χ4v) is 7.92. The Morgan fingerprint density at radius 2 is 1.51 bits per heavy atom. The Balaban J connectivity index is 0.00000504. The molecule has 4 aliphatic rings. The first-order valence-electron chi connectivity index (χ1n) is 17.7. The molecule has 1 aliphatic carbocycles. The van der Waals surface area contributed by atoms with E-state index in [0.29, 0.717) is 75.4 Å². The van der Waals surface area contributed by atoms with Crippen molar-refractivity contribution in [2.45, 2.75) is 81.1 Å². The molecule has 2 fully saturated rings. The quantitative estimate of drug-likeness (QED) is 0.113. The minimum atomic E-state index is -1.23. The Morgan fingerprint density at radius 3 is 2.16 bits per heavy atom. The van der Waals surface area contributed by atoms with Gasteiger partial charge in [0.1, 0.15) is 5.92 Å². The summed E-state index contributed by atoms with van der Waals surface area (Å²) in [4.78, 5) is 63.5. The van der Waals surface area contributed by atoms with E-state index in [1.54, 1.807) is 6.92 Å². The molecule has 6 rings (SSSR count). The summed E-state index contributed by atoms with van der Waals surface area (Å²) < 4.78 is 10.7. The van der Waals surface area contributed by atoms with Gasteiger partial charge in [-0.15, -0.1) is 22.8 Å². The molecule has 10 nitrogen and oxygen atoms in total. The fraction of sp³-hybridized carbons (Fsp3) is 0.500. The average molecular weight is 703 g/mol. The van der Waals surface area contributed by atoms with Gasteiger partial charge in [0.05, 0.1) is 13.7 Å². The minimum Gasteiger partial charge on any atom is -0.664 e. The molecule has 2 saturated heterocycles. The van der Waals surface area contributed by atoms with Gasteiger partial charge in [0, 0.05) is 17.5 Å². The van der Waals surface area contributed by atoms with Crippen LogP contribution in [0.4, 0.5) is 0 Å². The van der Waals surface area contributed by atoms with E-state index in [9.17, 15) is 19.2 Å². The predicted molar refractivity (Wildman–Crippen MR) is 197 cm³/mol. The average Bonchev–Trinajstić information content (AvgIpc) is 3.80. The van der Waals surface area contributed by atoms with Gasteiger partial charge < -0.3 is 30.1 Å². The Morgan fingerprint density at radius 1 is 0.882 bits per heavy atom. The van der Waals surface area contributed by atoms with Gasteiger partial charge in [0.2, 0.25) is 0 Å². The Kier molecular flexibility index (Phi) is 11.3. The summed E-state index contributed by atoms with van der Waals surface area (Å²) >= 11 is 0. The van der Waals surface area contributed by atoms with E-state index in [1.165, 1.54) is 7.11 Å². The molecular formula is C40H46MgN4O6-2. The summed E-state index contributed by atoms with van der Waals surface area (Å²) in [6, 6.07) is 0. The summed E-state index contributed by atoms with van der Waals surface area (Å²) in [7, 11) is 1.27. The van der Waals surface area contributed by atoms with E-state index in [1.807, 2.05) is 39.0 Å². The van der Waals surface area contributed by atoms with Crippen molar-refractivity contribution in [1.82, 2.24) is 9.97 Å². The maximum absolute atomic E-state index is 14.2. The number of aromatic nitrogens is 2. The van der Waals surface area contributed by atoms with Crippen molar-refractivity contribution < 1.29 is 28.7 Å². The first-order valence-corrected chi connectivity index (χ1v) is 17.7. The molecule has 0 radical (unpaired) electrons. The molecule has 3 aliphatic heterocycles. The largest absolute Gasteiger partial charge is 2.00 e. The Hall–Kier alpha value is -3.83. The molecule has 0 N–H and O–H groups in total. The van der Waals surface area contributed by atoms with Crippen molar-refractivity contribution in [3.05, 3.63) is 78.5 Å². The first-order chi connectivity index (χ1) is 23.8. The molecule has 2 aromatic rings. The van der Waals surface area contributed by atoms with Gasteiger partial charge in [-0.05, 0) is 63.2 Å². The summed E-state index contributed by atoms with van der Waals surface area (Å²) in [5, 5.41) is 10.2. The third-order valence-corrected chi connectivity index (χ3v) is 10.9. The SMILES string of the molecule is CC[C@H]1/C2=C/c3[n-]c4c(c3C)C(=O)[C@H](C(=O)OC)/C4=C3/[N-]/C(=C\c4[n-]c(c(C(C)=O)c4C)/C=C(\[N-]2)[C@@H]1C)[C@@H](C)[C@@H]3CCC(=O)OCCC(C)C.[Mg+2]. The van der Waals surface area contributed by atoms with Crippen molar-refractivity contribution in [1.29, 1.82) is 0 Å². The number of hydrogen-bond acceptors (Lipinski definition) is 6. The molecule has 0 spiro atoms. The van der Waals surface area contributed by atoms with Crippen molar-refractivity contribution in [3.8, 4) is 0 Å². The summed E-state index contributed by atoms with van der Waals surface area (Å²) in [5.41, 5.74) is 7.88. The molecule has 11 heteroatoms. The van der Waals surface area contributed by atoms with Crippen molar-refractivity contribution >= 4 is 70.4 Å². The van der Waals surface area contributed by atoms with Crippen LogP contribution in [-0.4, -0.2) is 60.3 Å². The summed E-state index contributed by atoms with van der Waals surface area (Å²) in [5.74, 6) is -2.67. The van der Waals surface area contributed by atoms with Crippen LogP contribution in [-0.2, 0) is 19.1 Å². The summed E-state index contributed by atoms with van der Waals surface area (Å²) in [6.07, 6.45) is 7.87. The van der Waals surface area contributed by atoms with Gasteiger partial charge in [-0.25, -0.2) is 0 Å². The van der Waals surface area contributed by atoms with Gasteiger partial charge >= 0.3 is 35.0 Å². The van der Waals surface area contributed by atoms with Crippen LogP contribution in [0.25, 0.3) is 34.4 Å². The van der Waals surface area contributed by atoms with E-state index in [-0.39, 0.29) is 70.7 Å². The number of rotatable bonds is 9. The van der Waals surface area contributed by atoms with E-state index in [4.69, 9.17) is 30.1 Å². The van der Waals surface area contributed by atoms with Crippen LogP contribution in [0.15, 0.2) is 22.8 Å². The molecule has 51 heavy (non-hydrogen) atoms. The van der Waals surface area contributed by atoms with Crippen LogP contribution in [0, 0.1) is 49.4 Å². The zero-order valence-electron chi connectivity index (χ0n) is 31.2. The molecule has 0 amide bonds. The van der Waals surface area contributed by atoms with Crippen LogP contribution in [0.2, 0.25) is 0 Å². The monoisotopic (exact) mass is 702 g/mol. The van der Waals surface area contributed by atoms with Crippen LogP contribution in [0.5, 0.6) is 0 Å². The molecule has 5 heterocycles. The number of methoxy groups -OCH3 is 1. The summed E-state index contributed by atoms with van der Waals surface area (Å²) in [6.45, 7) is 16.0. The number of allylic oxidation sites excluding steroid dienone is 4. The van der Waals surface area contributed by atoms with Crippen LogP contribution in [0.3, 0.4) is 0 Å². The second-order valence-corrected chi connectivity index (χ2v) is 14.5. The second kappa shape index (κ2) is 15.0. The topological polar surface area (TPSA) is 143 Å². The van der Waals surface area contributed by atoms with Crippen molar-refractivity contribution in [3.63, 3.8) is 0 Å². The Bertz CT molecular complexity index is 1910. The van der Waals surface area contributed by atoms with E-state index in [2.05, 4.69) is 27.7 Å². The van der Waals surface area contributed by atoms with Crippen LogP contribution < -0.4 is 9.97 Å². The number of Topliss-reactive ketones (excluding diaryl/α,β-unsaturated/α-hetero) is 2. The number of nitrogens with zero attached hydrogens (tertiary/aromatic N) is 4. The Labute approximate surface area is 316 Å². The maximum atomic E-state index is 14.2. The van der Waals surface area contributed by atoms with E-state index < -0.39 is 11.9 Å². The van der Waals surface area contributed by atoms with Gasteiger partial charge in [-0.2, -0.15) is 22.8 Å². The molecule has 5 atom stereocenters. The number of ether oxygens (including phenoxy) is 2. The maximum Gasteiger partial charge on any atom is 2.00 e. The minimum absolute atomic E-state index is 0. The number of carbonyl (C=O) groups is 4. The molecule has 8 bridgehead atoms. The predicted octanol–water partition coefficient (Wildman–Crippen LogP) is 7.53. The van der Waals surface area contributed by atoms with E-state index in [0.717, 1.165) is 29.8 Å². The van der Waals surface area contributed by atoms with Crippen LogP contribution >= 0.6 is 0 Å².